The van der Waals surface area contributed by atoms with Crippen LogP contribution >= 0.6 is 11.3 Å². The van der Waals surface area contributed by atoms with Gasteiger partial charge in [0.2, 0.25) is 0 Å². The van der Waals surface area contributed by atoms with E-state index in [0.29, 0.717) is 6.54 Å². The molecule has 146 valence electrons. The minimum atomic E-state index is -0.813. The number of aliphatic carboxylic acids is 1. The minimum Gasteiger partial charge on any atom is -0.481 e. The number of hydrogen-bond donors (Lipinski definition) is 2. The monoisotopic (exact) mass is 401 g/mol. The quantitative estimate of drug-likeness (QED) is 0.378. The van der Waals surface area contributed by atoms with Gasteiger partial charge in [-0.2, -0.15) is 0 Å². The van der Waals surface area contributed by atoms with Crippen LogP contribution in [0, 0.1) is 0 Å². The summed E-state index contributed by atoms with van der Waals surface area (Å²) in [4.78, 5) is 12.2. The SMILES string of the molecule is CCc1ccccc1-c1cccc2cc(CNc3cccc(CC(=O)O)c3)sc12. The van der Waals surface area contributed by atoms with Crippen LogP contribution < -0.4 is 5.32 Å². The van der Waals surface area contributed by atoms with Crippen LogP contribution in [0.5, 0.6) is 0 Å². The summed E-state index contributed by atoms with van der Waals surface area (Å²) in [7, 11) is 0. The van der Waals surface area contributed by atoms with E-state index in [2.05, 4.69) is 60.8 Å². The van der Waals surface area contributed by atoms with Crippen molar-refractivity contribution < 1.29 is 9.90 Å². The van der Waals surface area contributed by atoms with E-state index in [1.807, 2.05) is 35.6 Å². The van der Waals surface area contributed by atoms with Crippen molar-refractivity contribution in [1.29, 1.82) is 0 Å². The summed E-state index contributed by atoms with van der Waals surface area (Å²) >= 11 is 1.82. The number of thiophene rings is 1. The van der Waals surface area contributed by atoms with Crippen LogP contribution in [0.1, 0.15) is 22.9 Å². The highest BCUT2D eigenvalue weighted by Crippen LogP contribution is 2.36. The number of carbonyl (C=O) groups is 1. The van der Waals surface area contributed by atoms with Crippen LogP contribution in [0.3, 0.4) is 0 Å². The molecule has 0 spiro atoms. The molecule has 4 rings (SSSR count). The Bertz CT molecular complexity index is 1160. The highest BCUT2D eigenvalue weighted by molar-refractivity contribution is 7.19. The third-order valence-electron chi connectivity index (χ3n) is 5.03. The van der Waals surface area contributed by atoms with E-state index < -0.39 is 5.97 Å². The molecule has 0 amide bonds. The smallest absolute Gasteiger partial charge is 0.307 e. The first-order chi connectivity index (χ1) is 14.1. The molecule has 0 aliphatic rings. The van der Waals surface area contributed by atoms with Gasteiger partial charge in [0.15, 0.2) is 0 Å². The van der Waals surface area contributed by atoms with Gasteiger partial charge in [0.25, 0.3) is 0 Å². The third kappa shape index (κ3) is 4.33. The Morgan fingerprint density at radius 3 is 2.59 bits per heavy atom. The Balaban J connectivity index is 1.60. The van der Waals surface area contributed by atoms with Gasteiger partial charge in [0.05, 0.1) is 6.42 Å². The maximum Gasteiger partial charge on any atom is 0.307 e. The van der Waals surface area contributed by atoms with E-state index in [-0.39, 0.29) is 6.42 Å². The topological polar surface area (TPSA) is 49.3 Å². The summed E-state index contributed by atoms with van der Waals surface area (Å²) in [6.07, 6.45) is 1.05. The average Bonchev–Trinajstić information content (AvgIpc) is 3.15. The molecule has 0 saturated carbocycles. The maximum atomic E-state index is 10.9. The van der Waals surface area contributed by atoms with Crippen LogP contribution in [0.2, 0.25) is 0 Å². The third-order valence-corrected chi connectivity index (χ3v) is 6.22. The summed E-state index contributed by atoms with van der Waals surface area (Å²) in [5.74, 6) is -0.813. The van der Waals surface area contributed by atoms with E-state index in [4.69, 9.17) is 5.11 Å². The number of nitrogens with one attached hydrogen (secondary N) is 1. The van der Waals surface area contributed by atoms with Gasteiger partial charge in [-0.25, -0.2) is 0 Å². The van der Waals surface area contributed by atoms with E-state index >= 15 is 0 Å². The Hall–Kier alpha value is -3.11. The van der Waals surface area contributed by atoms with Crippen LogP contribution in [-0.4, -0.2) is 11.1 Å². The fourth-order valence-electron chi connectivity index (χ4n) is 3.66. The molecule has 3 aromatic carbocycles. The van der Waals surface area contributed by atoms with Crippen molar-refractivity contribution in [1.82, 2.24) is 0 Å². The summed E-state index contributed by atoms with van der Waals surface area (Å²) in [6, 6.07) is 25.0. The van der Waals surface area contributed by atoms with Crippen molar-refractivity contribution in [3.05, 3.63) is 88.8 Å². The van der Waals surface area contributed by atoms with E-state index in [9.17, 15) is 4.79 Å². The van der Waals surface area contributed by atoms with Crippen molar-refractivity contribution >= 4 is 33.1 Å². The molecule has 0 aliphatic carbocycles. The van der Waals surface area contributed by atoms with E-state index in [0.717, 1.165) is 17.7 Å². The summed E-state index contributed by atoms with van der Waals surface area (Å²) in [6.45, 7) is 2.91. The molecule has 0 bridgehead atoms. The maximum absolute atomic E-state index is 10.9. The molecule has 4 aromatic rings. The van der Waals surface area contributed by atoms with Crippen LogP contribution in [0.4, 0.5) is 5.69 Å². The van der Waals surface area contributed by atoms with Gasteiger partial charge in [-0.3, -0.25) is 4.79 Å². The molecule has 4 heteroatoms. The number of benzene rings is 3. The first kappa shape index (κ1) is 19.2. The minimum absolute atomic E-state index is 0.0403. The molecule has 0 unspecified atom stereocenters. The number of aryl methyl sites for hydroxylation is 1. The predicted octanol–water partition coefficient (Wildman–Crippen LogP) is 6.37. The molecule has 0 fully saturated rings. The summed E-state index contributed by atoms with van der Waals surface area (Å²) in [5, 5.41) is 13.7. The van der Waals surface area contributed by atoms with Gasteiger partial charge in [0, 0.05) is 21.8 Å². The fourth-order valence-corrected chi connectivity index (χ4v) is 4.79. The number of fused-ring (bicyclic) bond motifs is 1. The second-order valence-corrected chi connectivity index (χ2v) is 8.21. The molecule has 1 aromatic heterocycles. The zero-order valence-electron chi connectivity index (χ0n) is 16.3. The van der Waals surface area contributed by atoms with Crippen molar-refractivity contribution in [2.45, 2.75) is 26.3 Å². The highest BCUT2D eigenvalue weighted by atomic mass is 32.1. The fraction of sp³-hybridized carbons (Fsp3) is 0.160. The molecular formula is C25H23NO2S. The normalized spacial score (nSPS) is 10.9. The van der Waals surface area contributed by atoms with Gasteiger partial charge >= 0.3 is 5.97 Å². The highest BCUT2D eigenvalue weighted by Gasteiger charge is 2.11. The molecule has 0 aliphatic heterocycles. The first-order valence-corrected chi connectivity index (χ1v) is 10.6. The molecule has 0 atom stereocenters. The molecular weight excluding hydrogens is 378 g/mol. The van der Waals surface area contributed by atoms with Crippen molar-refractivity contribution in [3.8, 4) is 11.1 Å². The number of carboxylic acid groups (broad SMARTS) is 1. The second kappa shape index (κ2) is 8.50. The van der Waals surface area contributed by atoms with Crippen LogP contribution in [-0.2, 0) is 24.2 Å². The van der Waals surface area contributed by atoms with Gasteiger partial charge in [-0.05, 0) is 52.3 Å². The Morgan fingerprint density at radius 2 is 1.76 bits per heavy atom. The van der Waals surface area contributed by atoms with Gasteiger partial charge in [-0.1, -0.05) is 61.5 Å². The zero-order chi connectivity index (χ0) is 20.2. The molecule has 3 nitrogen and oxygen atoms in total. The molecule has 0 saturated heterocycles. The molecule has 29 heavy (non-hydrogen) atoms. The van der Waals surface area contributed by atoms with Crippen molar-refractivity contribution in [3.63, 3.8) is 0 Å². The number of carboxylic acids is 1. The van der Waals surface area contributed by atoms with Crippen LogP contribution in [0.25, 0.3) is 21.2 Å². The number of hydrogen-bond acceptors (Lipinski definition) is 3. The van der Waals surface area contributed by atoms with Gasteiger partial charge < -0.3 is 10.4 Å². The Labute approximate surface area is 174 Å². The van der Waals surface area contributed by atoms with Crippen molar-refractivity contribution in [2.24, 2.45) is 0 Å². The molecule has 1 heterocycles. The van der Waals surface area contributed by atoms with E-state index in [1.54, 1.807) is 0 Å². The largest absolute Gasteiger partial charge is 0.481 e. The lowest BCUT2D eigenvalue weighted by Gasteiger charge is -2.09. The zero-order valence-corrected chi connectivity index (χ0v) is 17.1. The average molecular weight is 402 g/mol. The van der Waals surface area contributed by atoms with E-state index in [1.165, 1.54) is 31.7 Å². The Kier molecular flexibility index (Phi) is 5.63. The molecule has 0 radical (unpaired) electrons. The lowest BCUT2D eigenvalue weighted by molar-refractivity contribution is -0.136. The number of anilines is 1. The number of rotatable bonds is 7. The van der Waals surface area contributed by atoms with Gasteiger partial charge in [-0.15, -0.1) is 11.3 Å². The van der Waals surface area contributed by atoms with Gasteiger partial charge in [0.1, 0.15) is 0 Å². The molecule has 2 N–H and O–H groups in total. The summed E-state index contributed by atoms with van der Waals surface area (Å²) < 4.78 is 1.31. The Morgan fingerprint density at radius 1 is 0.966 bits per heavy atom. The second-order valence-electron chi connectivity index (χ2n) is 7.07. The lowest BCUT2D eigenvalue weighted by atomic mass is 9.97. The first-order valence-electron chi connectivity index (χ1n) is 9.78. The van der Waals surface area contributed by atoms with Crippen LogP contribution in [0.15, 0.2) is 72.8 Å². The van der Waals surface area contributed by atoms with Crippen molar-refractivity contribution in [2.75, 3.05) is 5.32 Å². The predicted molar refractivity (Wildman–Crippen MR) is 122 cm³/mol. The lowest BCUT2D eigenvalue weighted by Crippen LogP contribution is -2.02. The standard InChI is InChI=1S/C25H23NO2S/c1-2-18-8-3-4-11-22(18)23-12-6-9-19-15-21(29-25(19)23)16-26-20-10-5-7-17(13-20)14-24(27)28/h3-13,15,26H,2,14,16H2,1H3,(H,27,28). The summed E-state index contributed by atoms with van der Waals surface area (Å²) in [5.41, 5.74) is 5.71.